The second kappa shape index (κ2) is 7.64. The minimum absolute atomic E-state index is 0.220. The van der Waals surface area contributed by atoms with Crippen LogP contribution in [-0.4, -0.2) is 16.2 Å². The SMILES string of the molecule is CCc1ccc(CC(O)CCC2CCCCC2)nc1. The van der Waals surface area contributed by atoms with Gasteiger partial charge in [0.2, 0.25) is 0 Å². The summed E-state index contributed by atoms with van der Waals surface area (Å²) in [7, 11) is 0. The average Bonchev–Trinajstić information content (AvgIpc) is 2.47. The summed E-state index contributed by atoms with van der Waals surface area (Å²) in [5.41, 5.74) is 2.29. The van der Waals surface area contributed by atoms with Gasteiger partial charge in [0.05, 0.1) is 6.10 Å². The zero-order chi connectivity index (χ0) is 13.5. The summed E-state index contributed by atoms with van der Waals surface area (Å²) >= 11 is 0. The van der Waals surface area contributed by atoms with Crippen LogP contribution in [0.3, 0.4) is 0 Å². The highest BCUT2D eigenvalue weighted by molar-refractivity contribution is 5.14. The first-order chi connectivity index (χ1) is 9.28. The standard InChI is InChI=1S/C17H27NO/c1-2-14-8-10-16(18-13-14)12-17(19)11-9-15-6-4-3-5-7-15/h8,10,13,15,17,19H,2-7,9,11-12H2,1H3. The van der Waals surface area contributed by atoms with E-state index in [2.05, 4.69) is 24.0 Å². The number of rotatable bonds is 6. The number of pyridine rings is 1. The molecule has 0 spiro atoms. The summed E-state index contributed by atoms with van der Waals surface area (Å²) in [6.45, 7) is 2.13. The minimum Gasteiger partial charge on any atom is -0.393 e. The van der Waals surface area contributed by atoms with Crippen LogP contribution in [0.25, 0.3) is 0 Å². The third-order valence-corrected chi connectivity index (χ3v) is 4.37. The lowest BCUT2D eigenvalue weighted by Gasteiger charge is -2.22. The maximum Gasteiger partial charge on any atom is 0.0595 e. The Kier molecular flexibility index (Phi) is 5.84. The van der Waals surface area contributed by atoms with E-state index in [-0.39, 0.29) is 6.10 Å². The van der Waals surface area contributed by atoms with Crippen molar-refractivity contribution < 1.29 is 5.11 Å². The van der Waals surface area contributed by atoms with Gasteiger partial charge in [-0.05, 0) is 36.8 Å². The molecule has 1 unspecified atom stereocenters. The Balaban J connectivity index is 1.71. The molecule has 1 saturated carbocycles. The maximum absolute atomic E-state index is 10.1. The number of aromatic nitrogens is 1. The molecule has 2 rings (SSSR count). The molecule has 106 valence electrons. The maximum atomic E-state index is 10.1. The fourth-order valence-electron chi connectivity index (χ4n) is 3.03. The third-order valence-electron chi connectivity index (χ3n) is 4.37. The molecular formula is C17H27NO. The number of hydrogen-bond donors (Lipinski definition) is 1. The molecule has 1 atom stereocenters. The Morgan fingerprint density at radius 3 is 2.68 bits per heavy atom. The number of aryl methyl sites for hydroxylation is 1. The van der Waals surface area contributed by atoms with Crippen LogP contribution in [-0.2, 0) is 12.8 Å². The van der Waals surface area contributed by atoms with Crippen molar-refractivity contribution >= 4 is 0 Å². The summed E-state index contributed by atoms with van der Waals surface area (Å²) in [6.07, 6.45) is 12.5. The largest absolute Gasteiger partial charge is 0.393 e. The summed E-state index contributed by atoms with van der Waals surface area (Å²) < 4.78 is 0. The normalized spacial score (nSPS) is 18.4. The highest BCUT2D eigenvalue weighted by Gasteiger charge is 2.15. The summed E-state index contributed by atoms with van der Waals surface area (Å²) in [5, 5.41) is 10.1. The van der Waals surface area contributed by atoms with Crippen molar-refractivity contribution in [1.29, 1.82) is 0 Å². The zero-order valence-corrected chi connectivity index (χ0v) is 12.1. The van der Waals surface area contributed by atoms with Crippen LogP contribution >= 0.6 is 0 Å². The van der Waals surface area contributed by atoms with Gasteiger partial charge in [0, 0.05) is 18.3 Å². The third kappa shape index (κ3) is 4.94. The number of nitrogens with zero attached hydrogens (tertiary/aromatic N) is 1. The van der Waals surface area contributed by atoms with E-state index in [1.54, 1.807) is 0 Å². The van der Waals surface area contributed by atoms with Gasteiger partial charge >= 0.3 is 0 Å². The van der Waals surface area contributed by atoms with Gasteiger partial charge in [0.1, 0.15) is 0 Å². The van der Waals surface area contributed by atoms with Crippen molar-refractivity contribution in [3.05, 3.63) is 29.6 Å². The molecule has 1 aliphatic carbocycles. The molecule has 1 heterocycles. The summed E-state index contributed by atoms with van der Waals surface area (Å²) in [5.74, 6) is 0.860. The molecule has 0 aromatic carbocycles. The quantitative estimate of drug-likeness (QED) is 0.842. The molecule has 2 nitrogen and oxygen atoms in total. The minimum atomic E-state index is -0.220. The van der Waals surface area contributed by atoms with Gasteiger partial charge in [-0.2, -0.15) is 0 Å². The van der Waals surface area contributed by atoms with Crippen LogP contribution < -0.4 is 0 Å². The fraction of sp³-hybridized carbons (Fsp3) is 0.706. The summed E-state index contributed by atoms with van der Waals surface area (Å²) in [6, 6.07) is 4.18. The van der Waals surface area contributed by atoms with Gasteiger partial charge in [-0.3, -0.25) is 4.98 Å². The molecule has 1 aromatic heterocycles. The van der Waals surface area contributed by atoms with Crippen molar-refractivity contribution in [1.82, 2.24) is 4.98 Å². The summed E-state index contributed by atoms with van der Waals surface area (Å²) in [4.78, 5) is 4.42. The molecule has 2 heteroatoms. The molecule has 19 heavy (non-hydrogen) atoms. The molecule has 1 aliphatic rings. The lowest BCUT2D eigenvalue weighted by atomic mass is 9.85. The molecular weight excluding hydrogens is 234 g/mol. The fourth-order valence-corrected chi connectivity index (χ4v) is 3.03. The van der Waals surface area contributed by atoms with E-state index in [1.807, 2.05) is 6.20 Å². The van der Waals surface area contributed by atoms with Crippen molar-refractivity contribution in [3.8, 4) is 0 Å². The Hall–Kier alpha value is -0.890. The van der Waals surface area contributed by atoms with E-state index in [4.69, 9.17) is 0 Å². The molecule has 0 bridgehead atoms. The highest BCUT2D eigenvalue weighted by Crippen LogP contribution is 2.28. The average molecular weight is 261 g/mol. The highest BCUT2D eigenvalue weighted by atomic mass is 16.3. The van der Waals surface area contributed by atoms with Gasteiger partial charge in [-0.1, -0.05) is 45.1 Å². The van der Waals surface area contributed by atoms with E-state index in [0.717, 1.165) is 24.5 Å². The van der Waals surface area contributed by atoms with Crippen molar-refractivity contribution in [3.63, 3.8) is 0 Å². The van der Waals surface area contributed by atoms with Crippen LogP contribution in [0.4, 0.5) is 0 Å². The molecule has 0 aliphatic heterocycles. The van der Waals surface area contributed by atoms with Crippen LogP contribution in [0.1, 0.15) is 63.1 Å². The predicted molar refractivity (Wildman–Crippen MR) is 79.1 cm³/mol. The number of aliphatic hydroxyl groups is 1. The lowest BCUT2D eigenvalue weighted by molar-refractivity contribution is 0.148. The predicted octanol–water partition coefficient (Wildman–Crippen LogP) is 3.91. The number of aliphatic hydroxyl groups excluding tert-OH is 1. The van der Waals surface area contributed by atoms with Gasteiger partial charge in [-0.15, -0.1) is 0 Å². The first-order valence-corrected chi connectivity index (χ1v) is 7.89. The smallest absolute Gasteiger partial charge is 0.0595 e. The van der Waals surface area contributed by atoms with Gasteiger partial charge in [-0.25, -0.2) is 0 Å². The van der Waals surface area contributed by atoms with Gasteiger partial charge in [0.25, 0.3) is 0 Å². The van der Waals surface area contributed by atoms with E-state index < -0.39 is 0 Å². The molecule has 1 aromatic rings. The number of hydrogen-bond acceptors (Lipinski definition) is 2. The lowest BCUT2D eigenvalue weighted by Crippen LogP contribution is -2.15. The molecule has 1 fully saturated rings. The Labute approximate surface area is 117 Å². The Morgan fingerprint density at radius 2 is 2.05 bits per heavy atom. The van der Waals surface area contributed by atoms with Crippen LogP contribution in [0, 0.1) is 5.92 Å². The monoisotopic (exact) mass is 261 g/mol. The Morgan fingerprint density at radius 1 is 1.26 bits per heavy atom. The first-order valence-electron chi connectivity index (χ1n) is 7.89. The first kappa shape index (κ1) is 14.5. The van der Waals surface area contributed by atoms with Crippen molar-refractivity contribution in [2.45, 2.75) is 70.8 Å². The molecule has 0 radical (unpaired) electrons. The van der Waals surface area contributed by atoms with E-state index in [9.17, 15) is 5.11 Å². The molecule has 0 amide bonds. The van der Waals surface area contributed by atoms with Crippen molar-refractivity contribution in [2.75, 3.05) is 0 Å². The van der Waals surface area contributed by atoms with Crippen LogP contribution in [0.5, 0.6) is 0 Å². The van der Waals surface area contributed by atoms with Gasteiger partial charge in [0.15, 0.2) is 0 Å². The van der Waals surface area contributed by atoms with Crippen molar-refractivity contribution in [2.24, 2.45) is 5.92 Å². The zero-order valence-electron chi connectivity index (χ0n) is 12.1. The van der Waals surface area contributed by atoms with E-state index >= 15 is 0 Å². The second-order valence-corrected chi connectivity index (χ2v) is 5.95. The van der Waals surface area contributed by atoms with Crippen LogP contribution in [0.15, 0.2) is 18.3 Å². The Bertz CT molecular complexity index is 354. The van der Waals surface area contributed by atoms with E-state index in [1.165, 1.54) is 44.1 Å². The van der Waals surface area contributed by atoms with Gasteiger partial charge < -0.3 is 5.11 Å². The molecule has 1 N–H and O–H groups in total. The van der Waals surface area contributed by atoms with Crippen LogP contribution in [0.2, 0.25) is 0 Å². The second-order valence-electron chi connectivity index (χ2n) is 5.95. The topological polar surface area (TPSA) is 33.1 Å². The molecule has 0 saturated heterocycles. The van der Waals surface area contributed by atoms with E-state index in [0.29, 0.717) is 6.42 Å².